The molecule has 0 amide bonds. The summed E-state index contributed by atoms with van der Waals surface area (Å²) in [5.74, 6) is 2.46. The molecule has 9 rings (SSSR count). The van der Waals surface area contributed by atoms with Gasteiger partial charge < -0.3 is 14.5 Å². The van der Waals surface area contributed by atoms with Crippen molar-refractivity contribution in [2.45, 2.75) is 97.8 Å². The summed E-state index contributed by atoms with van der Waals surface area (Å²) in [6, 6.07) is 53.1. The van der Waals surface area contributed by atoms with Crippen molar-refractivity contribution in [1.29, 1.82) is 0 Å². The molecule has 0 fully saturated rings. The third-order valence-corrected chi connectivity index (χ3v) is 12.9. The first-order valence-electron chi connectivity index (χ1n) is 22.1. The highest BCUT2D eigenvalue weighted by Crippen LogP contribution is 2.48. The summed E-state index contributed by atoms with van der Waals surface area (Å²) in [4.78, 5) is 9.81. The van der Waals surface area contributed by atoms with E-state index in [-0.39, 0.29) is 21.7 Å². The van der Waals surface area contributed by atoms with Gasteiger partial charge in [-0.05, 0) is 117 Å². The quantitative estimate of drug-likeness (QED) is 0.160. The Kier molecular flexibility index (Phi) is 9.89. The summed E-state index contributed by atoms with van der Waals surface area (Å²) in [6.45, 7) is 25.7. The molecule has 314 valence electrons. The minimum absolute atomic E-state index is 0.00612. The fourth-order valence-electron chi connectivity index (χ4n) is 8.89. The van der Waals surface area contributed by atoms with E-state index in [9.17, 15) is 0 Å². The van der Waals surface area contributed by atoms with E-state index in [0.29, 0.717) is 6.67 Å². The van der Waals surface area contributed by atoms with Crippen LogP contribution in [0.4, 0.5) is 22.7 Å². The second-order valence-electron chi connectivity index (χ2n) is 20.7. The molecule has 0 saturated heterocycles. The van der Waals surface area contributed by atoms with Crippen molar-refractivity contribution in [2.24, 2.45) is 0 Å². The van der Waals surface area contributed by atoms with Crippen molar-refractivity contribution in [3.63, 3.8) is 0 Å². The molecule has 1 aliphatic heterocycles. The van der Waals surface area contributed by atoms with E-state index in [1.807, 2.05) is 6.20 Å². The molecule has 0 saturated carbocycles. The van der Waals surface area contributed by atoms with E-state index < -0.39 is 0 Å². The van der Waals surface area contributed by atoms with Gasteiger partial charge in [-0.3, -0.25) is 4.57 Å². The minimum atomic E-state index is -0.155. The molecule has 0 spiro atoms. The molecule has 8 aromatic rings. The fourth-order valence-corrected chi connectivity index (χ4v) is 8.89. The summed E-state index contributed by atoms with van der Waals surface area (Å²) in [5, 5.41) is 2.39. The molecule has 5 heteroatoms. The molecular weight excluding hydrogens is 757 g/mol. The lowest BCUT2D eigenvalue weighted by Gasteiger charge is -2.29. The molecule has 0 N–H and O–H groups in total. The lowest BCUT2D eigenvalue weighted by atomic mass is 9.78. The van der Waals surface area contributed by atoms with Gasteiger partial charge in [0.2, 0.25) is 0 Å². The molecule has 0 aliphatic carbocycles. The van der Waals surface area contributed by atoms with E-state index >= 15 is 0 Å². The van der Waals surface area contributed by atoms with Crippen LogP contribution in [0.15, 0.2) is 152 Å². The molecule has 0 unspecified atom stereocenters. The van der Waals surface area contributed by atoms with Gasteiger partial charge in [0.1, 0.15) is 24.0 Å². The summed E-state index contributed by atoms with van der Waals surface area (Å²) in [6.07, 6.45) is 1.94. The van der Waals surface area contributed by atoms with Crippen molar-refractivity contribution in [2.75, 3.05) is 16.5 Å². The van der Waals surface area contributed by atoms with Crippen LogP contribution in [0.2, 0.25) is 0 Å². The van der Waals surface area contributed by atoms with Crippen molar-refractivity contribution in [1.82, 2.24) is 9.55 Å². The summed E-state index contributed by atoms with van der Waals surface area (Å²) < 4.78 is 9.11. The van der Waals surface area contributed by atoms with Gasteiger partial charge in [-0.2, -0.15) is 0 Å². The molecule has 0 radical (unpaired) electrons. The summed E-state index contributed by atoms with van der Waals surface area (Å²) in [5.41, 5.74) is 13.1. The van der Waals surface area contributed by atoms with Crippen LogP contribution in [-0.2, 0) is 21.7 Å². The Balaban J connectivity index is 1.09. The van der Waals surface area contributed by atoms with Gasteiger partial charge in [-0.1, -0.05) is 137 Å². The van der Waals surface area contributed by atoms with Crippen molar-refractivity contribution in [3.8, 4) is 17.3 Å². The molecule has 5 nitrogen and oxygen atoms in total. The number of ether oxygens (including phenoxy) is 1. The number of nitrogens with zero attached hydrogens (tertiary/aromatic N) is 4. The molecule has 2 aromatic heterocycles. The van der Waals surface area contributed by atoms with Crippen LogP contribution in [0.3, 0.4) is 0 Å². The standard InChI is InChI=1S/C57H60N4O/c1-54(2,3)39-23-27-49-48(32-39)47-26-25-46(36-51(47)61(49)53-34-41(29-30-58-53)56(7,8)9)62-45-22-16-21-44(35-45)59-37-60(52-33-40(55(4,5)6)24-28-50(52)59)43-20-15-19-42(31-43)57(10,11)38-17-13-12-14-18-38/h12-36H,37H2,1-11H3. The van der Waals surface area contributed by atoms with Gasteiger partial charge in [-0.25, -0.2) is 4.98 Å². The fraction of sp³-hybridized carbons (Fsp3) is 0.281. The third kappa shape index (κ3) is 7.52. The van der Waals surface area contributed by atoms with E-state index in [1.54, 1.807) is 0 Å². The van der Waals surface area contributed by atoms with Crippen molar-refractivity contribution in [3.05, 3.63) is 180 Å². The van der Waals surface area contributed by atoms with Gasteiger partial charge in [0.15, 0.2) is 0 Å². The highest BCUT2D eigenvalue weighted by atomic mass is 16.5. The van der Waals surface area contributed by atoms with Gasteiger partial charge in [0.25, 0.3) is 0 Å². The normalized spacial score (nSPS) is 13.6. The van der Waals surface area contributed by atoms with Crippen LogP contribution in [0.1, 0.15) is 104 Å². The monoisotopic (exact) mass is 816 g/mol. The summed E-state index contributed by atoms with van der Waals surface area (Å²) in [7, 11) is 0. The van der Waals surface area contributed by atoms with E-state index in [0.717, 1.165) is 34.0 Å². The zero-order valence-electron chi connectivity index (χ0n) is 38.3. The van der Waals surface area contributed by atoms with Gasteiger partial charge in [0.05, 0.1) is 22.4 Å². The smallest absolute Gasteiger partial charge is 0.137 e. The van der Waals surface area contributed by atoms with Crippen LogP contribution in [0.5, 0.6) is 11.5 Å². The predicted molar refractivity (Wildman–Crippen MR) is 262 cm³/mol. The second-order valence-corrected chi connectivity index (χ2v) is 20.7. The zero-order chi connectivity index (χ0) is 43.8. The molecule has 1 aliphatic rings. The number of pyridine rings is 1. The van der Waals surface area contributed by atoms with Crippen molar-refractivity contribution < 1.29 is 4.74 Å². The predicted octanol–water partition coefficient (Wildman–Crippen LogP) is 15.4. The Bertz CT molecular complexity index is 2950. The van der Waals surface area contributed by atoms with Crippen LogP contribution >= 0.6 is 0 Å². The number of hydrogen-bond acceptors (Lipinski definition) is 4. The molecule has 0 atom stereocenters. The first-order chi connectivity index (χ1) is 29.4. The second kappa shape index (κ2) is 14.9. The largest absolute Gasteiger partial charge is 0.457 e. The van der Waals surface area contributed by atoms with Gasteiger partial charge in [0, 0.05) is 45.9 Å². The number of hydrogen-bond donors (Lipinski definition) is 0. The Morgan fingerprint density at radius 3 is 1.77 bits per heavy atom. The van der Waals surface area contributed by atoms with Crippen molar-refractivity contribution >= 4 is 44.6 Å². The Morgan fingerprint density at radius 2 is 1.05 bits per heavy atom. The SMILES string of the molecule is CC(C)(C)c1ccnc(-n2c3ccc(C(C)(C)C)cc3c3ccc(Oc4cccc(N5CN(c6cccc(C(C)(C)c7ccccc7)c6)c6cc(C(C)(C)C)ccc65)c4)cc32)c1. The Labute approximate surface area is 368 Å². The maximum atomic E-state index is 6.81. The molecular formula is C57H60N4O. The maximum Gasteiger partial charge on any atom is 0.137 e. The van der Waals surface area contributed by atoms with Gasteiger partial charge >= 0.3 is 0 Å². The Hall–Kier alpha value is -6.33. The number of rotatable bonds is 7. The molecule has 6 aromatic carbocycles. The number of fused-ring (bicyclic) bond motifs is 4. The minimum Gasteiger partial charge on any atom is -0.457 e. The average Bonchev–Trinajstić information content (AvgIpc) is 3.79. The number of aromatic nitrogens is 2. The first-order valence-corrected chi connectivity index (χ1v) is 22.1. The van der Waals surface area contributed by atoms with Crippen LogP contribution in [-0.4, -0.2) is 16.2 Å². The van der Waals surface area contributed by atoms with E-state index in [1.165, 1.54) is 55.7 Å². The molecule has 62 heavy (non-hydrogen) atoms. The third-order valence-electron chi connectivity index (χ3n) is 12.9. The maximum absolute atomic E-state index is 6.81. The topological polar surface area (TPSA) is 33.5 Å². The number of anilines is 4. The highest BCUT2D eigenvalue weighted by molar-refractivity contribution is 6.09. The molecule has 3 heterocycles. The first kappa shape index (κ1) is 41.0. The van der Waals surface area contributed by atoms with Crippen LogP contribution in [0, 0.1) is 0 Å². The van der Waals surface area contributed by atoms with Gasteiger partial charge in [-0.15, -0.1) is 0 Å². The van der Waals surface area contributed by atoms with Crippen LogP contribution in [0.25, 0.3) is 27.6 Å². The zero-order valence-corrected chi connectivity index (χ0v) is 38.3. The lowest BCUT2D eigenvalue weighted by molar-refractivity contribution is 0.483. The lowest BCUT2D eigenvalue weighted by Crippen LogP contribution is -2.25. The van der Waals surface area contributed by atoms with E-state index in [2.05, 4.69) is 236 Å². The summed E-state index contributed by atoms with van der Waals surface area (Å²) >= 11 is 0. The number of benzene rings is 6. The Morgan fingerprint density at radius 1 is 0.435 bits per heavy atom. The average molecular weight is 817 g/mol. The van der Waals surface area contributed by atoms with E-state index in [4.69, 9.17) is 9.72 Å². The highest BCUT2D eigenvalue weighted by Gasteiger charge is 2.32. The van der Waals surface area contributed by atoms with Crippen LogP contribution < -0.4 is 14.5 Å². The molecule has 0 bridgehead atoms.